The first-order chi connectivity index (χ1) is 15.1. The van der Waals surface area contributed by atoms with Gasteiger partial charge in [-0.15, -0.1) is 0 Å². The highest BCUT2D eigenvalue weighted by Gasteiger charge is 2.24. The molecule has 5 nitrogen and oxygen atoms in total. The predicted octanol–water partition coefficient (Wildman–Crippen LogP) is 4.81. The molecule has 0 amide bonds. The second kappa shape index (κ2) is 10.6. The number of aliphatic hydroxyl groups is 1. The fourth-order valence-corrected chi connectivity index (χ4v) is 3.45. The molecule has 0 heterocycles. The van der Waals surface area contributed by atoms with Crippen molar-refractivity contribution in [3.05, 3.63) is 95.1 Å². The SMILES string of the molecule is CCC(O)COC(=O)c1ccccc1C(c1ccc(OC)cc1)c1ccc(OC)cc1. The Hall–Kier alpha value is -3.31. The van der Waals surface area contributed by atoms with Gasteiger partial charge in [-0.2, -0.15) is 0 Å². The fourth-order valence-electron chi connectivity index (χ4n) is 3.45. The Bertz CT molecular complexity index is 932. The number of carbonyl (C=O) groups is 1. The lowest BCUT2D eigenvalue weighted by atomic mass is 9.83. The van der Waals surface area contributed by atoms with Gasteiger partial charge in [0, 0.05) is 5.92 Å². The van der Waals surface area contributed by atoms with E-state index in [2.05, 4.69) is 0 Å². The summed E-state index contributed by atoms with van der Waals surface area (Å²) in [4.78, 5) is 12.9. The first-order valence-corrected chi connectivity index (χ1v) is 10.3. The molecule has 0 radical (unpaired) electrons. The lowest BCUT2D eigenvalue weighted by Gasteiger charge is -2.22. The van der Waals surface area contributed by atoms with Crippen molar-refractivity contribution in [2.75, 3.05) is 20.8 Å². The first kappa shape index (κ1) is 22.4. The summed E-state index contributed by atoms with van der Waals surface area (Å²) in [6.45, 7) is 1.81. The van der Waals surface area contributed by atoms with E-state index in [-0.39, 0.29) is 12.5 Å². The highest BCUT2D eigenvalue weighted by atomic mass is 16.5. The van der Waals surface area contributed by atoms with Crippen LogP contribution in [0.4, 0.5) is 0 Å². The molecule has 0 saturated heterocycles. The number of aliphatic hydroxyl groups excluding tert-OH is 1. The Kier molecular flexibility index (Phi) is 7.68. The van der Waals surface area contributed by atoms with Crippen molar-refractivity contribution in [1.29, 1.82) is 0 Å². The van der Waals surface area contributed by atoms with Gasteiger partial charge in [-0.05, 0) is 53.4 Å². The molecule has 1 N–H and O–H groups in total. The summed E-state index contributed by atoms with van der Waals surface area (Å²) in [5, 5.41) is 9.79. The molecule has 1 unspecified atom stereocenters. The third kappa shape index (κ3) is 5.44. The topological polar surface area (TPSA) is 65.0 Å². The van der Waals surface area contributed by atoms with Crippen LogP contribution in [-0.4, -0.2) is 38.0 Å². The highest BCUT2D eigenvalue weighted by Crippen LogP contribution is 2.35. The molecule has 3 aromatic rings. The van der Waals surface area contributed by atoms with Crippen LogP contribution < -0.4 is 9.47 Å². The van der Waals surface area contributed by atoms with Gasteiger partial charge in [0.15, 0.2) is 0 Å². The van der Waals surface area contributed by atoms with E-state index in [1.807, 2.05) is 73.7 Å². The van der Waals surface area contributed by atoms with Crippen molar-refractivity contribution in [3.8, 4) is 11.5 Å². The second-order valence-corrected chi connectivity index (χ2v) is 7.23. The molecular formula is C26H28O5. The molecule has 0 fully saturated rings. The Morgan fingerprint density at radius 3 is 1.84 bits per heavy atom. The number of methoxy groups -OCH3 is 2. The molecule has 0 spiro atoms. The van der Waals surface area contributed by atoms with Gasteiger partial charge < -0.3 is 19.3 Å². The Balaban J connectivity index is 2.05. The van der Waals surface area contributed by atoms with Crippen LogP contribution in [0, 0.1) is 0 Å². The summed E-state index contributed by atoms with van der Waals surface area (Å²) in [6.07, 6.45) is -0.148. The molecule has 1 atom stereocenters. The fraction of sp³-hybridized carbons (Fsp3) is 0.269. The summed E-state index contributed by atoms with van der Waals surface area (Å²) >= 11 is 0. The van der Waals surface area contributed by atoms with Gasteiger partial charge >= 0.3 is 5.97 Å². The Morgan fingerprint density at radius 1 is 0.839 bits per heavy atom. The van der Waals surface area contributed by atoms with Gasteiger partial charge in [-0.1, -0.05) is 49.4 Å². The Morgan fingerprint density at radius 2 is 1.35 bits per heavy atom. The van der Waals surface area contributed by atoms with Gasteiger partial charge in [0.05, 0.1) is 25.9 Å². The second-order valence-electron chi connectivity index (χ2n) is 7.23. The van der Waals surface area contributed by atoms with Crippen LogP contribution in [0.25, 0.3) is 0 Å². The minimum Gasteiger partial charge on any atom is -0.497 e. The zero-order valence-corrected chi connectivity index (χ0v) is 18.1. The smallest absolute Gasteiger partial charge is 0.338 e. The number of hydrogen-bond acceptors (Lipinski definition) is 5. The quantitative estimate of drug-likeness (QED) is 0.397. The van der Waals surface area contributed by atoms with E-state index in [1.165, 1.54) is 0 Å². The number of esters is 1. The summed E-state index contributed by atoms with van der Waals surface area (Å²) < 4.78 is 16.0. The molecule has 3 rings (SSSR count). The van der Waals surface area contributed by atoms with Gasteiger partial charge in [0.2, 0.25) is 0 Å². The van der Waals surface area contributed by atoms with Crippen LogP contribution in [0.15, 0.2) is 72.8 Å². The standard InChI is InChI=1S/C26H28O5/c1-4-20(27)17-31-26(28)24-8-6-5-7-23(24)25(18-9-13-21(29-2)14-10-18)19-11-15-22(30-3)16-12-19/h5-16,20,25,27H,4,17H2,1-3H3. The van der Waals surface area contributed by atoms with Crippen molar-refractivity contribution in [2.24, 2.45) is 0 Å². The molecule has 3 aromatic carbocycles. The zero-order valence-electron chi connectivity index (χ0n) is 18.1. The van der Waals surface area contributed by atoms with Gasteiger partial charge in [-0.3, -0.25) is 0 Å². The molecule has 5 heteroatoms. The molecular weight excluding hydrogens is 392 g/mol. The van der Waals surface area contributed by atoms with Gasteiger partial charge in [0.1, 0.15) is 18.1 Å². The van der Waals surface area contributed by atoms with Crippen LogP contribution in [0.5, 0.6) is 11.5 Å². The van der Waals surface area contributed by atoms with E-state index in [9.17, 15) is 9.90 Å². The van der Waals surface area contributed by atoms with Gasteiger partial charge in [-0.25, -0.2) is 4.79 Å². The molecule has 162 valence electrons. The molecule has 0 aliphatic rings. The highest BCUT2D eigenvalue weighted by molar-refractivity contribution is 5.91. The predicted molar refractivity (Wildman–Crippen MR) is 120 cm³/mol. The number of ether oxygens (including phenoxy) is 3. The third-order valence-electron chi connectivity index (χ3n) is 5.27. The maximum Gasteiger partial charge on any atom is 0.338 e. The minimum atomic E-state index is -0.671. The molecule has 0 aromatic heterocycles. The van der Waals surface area contributed by atoms with Crippen LogP contribution >= 0.6 is 0 Å². The first-order valence-electron chi connectivity index (χ1n) is 10.3. The number of carbonyl (C=O) groups excluding carboxylic acids is 1. The number of hydrogen-bond donors (Lipinski definition) is 1. The van der Waals surface area contributed by atoms with Crippen LogP contribution in [-0.2, 0) is 4.74 Å². The van der Waals surface area contributed by atoms with Crippen molar-refractivity contribution in [1.82, 2.24) is 0 Å². The molecule has 0 aliphatic heterocycles. The van der Waals surface area contributed by atoms with E-state index in [1.54, 1.807) is 20.3 Å². The van der Waals surface area contributed by atoms with Gasteiger partial charge in [0.25, 0.3) is 0 Å². The summed E-state index contributed by atoms with van der Waals surface area (Å²) in [5.41, 5.74) is 3.33. The van der Waals surface area contributed by atoms with Crippen molar-refractivity contribution < 1.29 is 24.1 Å². The normalized spacial score (nSPS) is 11.8. The Labute approximate surface area is 183 Å². The maximum absolute atomic E-state index is 12.9. The van der Waals surface area contributed by atoms with Crippen LogP contribution in [0.3, 0.4) is 0 Å². The zero-order chi connectivity index (χ0) is 22.2. The average molecular weight is 421 g/mol. The maximum atomic E-state index is 12.9. The molecule has 0 bridgehead atoms. The summed E-state index contributed by atoms with van der Waals surface area (Å²) in [7, 11) is 3.26. The molecule has 0 aliphatic carbocycles. The number of benzene rings is 3. The van der Waals surface area contributed by atoms with E-state index in [0.717, 1.165) is 28.2 Å². The van der Waals surface area contributed by atoms with Crippen LogP contribution in [0.2, 0.25) is 0 Å². The largest absolute Gasteiger partial charge is 0.497 e. The van der Waals surface area contributed by atoms with Crippen molar-refractivity contribution in [3.63, 3.8) is 0 Å². The van der Waals surface area contributed by atoms with Crippen molar-refractivity contribution >= 4 is 5.97 Å². The lowest BCUT2D eigenvalue weighted by Crippen LogP contribution is -2.19. The van der Waals surface area contributed by atoms with E-state index in [0.29, 0.717) is 12.0 Å². The summed E-state index contributed by atoms with van der Waals surface area (Å²) in [5.74, 6) is 0.878. The average Bonchev–Trinajstić information content (AvgIpc) is 2.83. The van der Waals surface area contributed by atoms with Crippen molar-refractivity contribution in [2.45, 2.75) is 25.4 Å². The third-order valence-corrected chi connectivity index (χ3v) is 5.27. The lowest BCUT2D eigenvalue weighted by molar-refractivity contribution is 0.0249. The van der Waals surface area contributed by atoms with E-state index < -0.39 is 12.1 Å². The molecule has 0 saturated carbocycles. The summed E-state index contributed by atoms with van der Waals surface area (Å²) in [6, 6.07) is 23.0. The van der Waals surface area contributed by atoms with E-state index in [4.69, 9.17) is 14.2 Å². The van der Waals surface area contributed by atoms with Crippen LogP contribution in [0.1, 0.15) is 46.3 Å². The minimum absolute atomic E-state index is 0.0284. The van der Waals surface area contributed by atoms with E-state index >= 15 is 0 Å². The number of rotatable bonds is 9. The molecule has 31 heavy (non-hydrogen) atoms. The monoisotopic (exact) mass is 420 g/mol.